The van der Waals surface area contributed by atoms with Gasteiger partial charge in [-0.05, 0) is 52.7 Å². The van der Waals surface area contributed by atoms with Crippen molar-refractivity contribution in [2.24, 2.45) is 0 Å². The van der Waals surface area contributed by atoms with Crippen LogP contribution in [-0.2, 0) is 16.0 Å². The monoisotopic (exact) mass is 399 g/mol. The average molecular weight is 400 g/mol. The summed E-state index contributed by atoms with van der Waals surface area (Å²) in [6, 6.07) is 5.85. The van der Waals surface area contributed by atoms with Crippen LogP contribution in [0.5, 0.6) is 5.75 Å². The molecule has 6 heteroatoms. The van der Waals surface area contributed by atoms with E-state index in [1.54, 1.807) is 0 Å². The number of benzene rings is 1. The number of allylic oxidation sites excluding steroid dienone is 1. The lowest BCUT2D eigenvalue weighted by Gasteiger charge is -2.27. The first-order chi connectivity index (χ1) is 13.5. The minimum atomic E-state index is -0.387. The second-order valence-electron chi connectivity index (χ2n) is 8.53. The second-order valence-corrected chi connectivity index (χ2v) is 8.53. The normalized spacial score (nSPS) is 16.7. The van der Waals surface area contributed by atoms with Crippen molar-refractivity contribution in [3.8, 4) is 5.75 Å². The molecule has 0 radical (unpaired) electrons. The number of hydrogen-bond acceptors (Lipinski definition) is 4. The number of rotatable bonds is 9. The van der Waals surface area contributed by atoms with Crippen LogP contribution in [0.3, 0.4) is 0 Å². The molecule has 1 aromatic rings. The molecule has 1 aliphatic rings. The Labute approximate surface area is 173 Å². The van der Waals surface area contributed by atoms with Crippen LogP contribution in [0.2, 0.25) is 0 Å². The molecule has 1 heterocycles. The Bertz CT molecular complexity index is 810. The predicted octanol–water partition coefficient (Wildman–Crippen LogP) is 2.42. The van der Waals surface area contributed by atoms with Gasteiger partial charge in [0.2, 0.25) is 5.91 Å². The van der Waals surface area contributed by atoms with Gasteiger partial charge in [-0.25, -0.2) is 0 Å². The molecule has 2 amide bonds. The van der Waals surface area contributed by atoms with Gasteiger partial charge in [0.1, 0.15) is 5.75 Å². The van der Waals surface area contributed by atoms with Gasteiger partial charge >= 0.3 is 0 Å². The first-order valence-corrected chi connectivity index (χ1v) is 9.95. The Morgan fingerprint density at radius 3 is 2.48 bits per heavy atom. The maximum atomic E-state index is 12.5. The van der Waals surface area contributed by atoms with Crippen LogP contribution < -0.4 is 20.7 Å². The van der Waals surface area contributed by atoms with E-state index in [0.717, 1.165) is 11.1 Å². The van der Waals surface area contributed by atoms with Gasteiger partial charge < -0.3 is 15.4 Å². The van der Waals surface area contributed by atoms with Crippen molar-refractivity contribution >= 4 is 11.8 Å². The van der Waals surface area contributed by atoms with Crippen LogP contribution in [0.4, 0.5) is 0 Å². The van der Waals surface area contributed by atoms with Crippen LogP contribution in [0.25, 0.3) is 0 Å². The molecule has 0 saturated heterocycles. The number of ether oxygens (including phenoxy) is 1. The van der Waals surface area contributed by atoms with Gasteiger partial charge in [0, 0.05) is 29.7 Å². The summed E-state index contributed by atoms with van der Waals surface area (Å²) in [5, 5.41) is 9.04. The quantitative estimate of drug-likeness (QED) is 0.440. The lowest BCUT2D eigenvalue weighted by molar-refractivity contribution is -0.123. The van der Waals surface area contributed by atoms with Gasteiger partial charge in [-0.3, -0.25) is 14.9 Å². The lowest BCUT2D eigenvalue weighted by atomic mass is 9.96. The van der Waals surface area contributed by atoms with E-state index in [9.17, 15) is 9.59 Å². The minimum Gasteiger partial charge on any atom is -0.483 e. The average Bonchev–Trinajstić information content (AvgIpc) is 2.85. The maximum Gasteiger partial charge on any atom is 0.258 e. The van der Waals surface area contributed by atoms with Crippen molar-refractivity contribution in [3.05, 3.63) is 53.6 Å². The van der Waals surface area contributed by atoms with Gasteiger partial charge in [-0.1, -0.05) is 29.8 Å². The highest BCUT2D eigenvalue weighted by molar-refractivity contribution is 5.96. The molecule has 6 nitrogen and oxygen atoms in total. The number of amides is 2. The topological polar surface area (TPSA) is 79.5 Å². The highest BCUT2D eigenvalue weighted by atomic mass is 16.5. The molecule has 0 unspecified atom stereocenters. The van der Waals surface area contributed by atoms with E-state index in [2.05, 4.69) is 22.5 Å². The van der Waals surface area contributed by atoms with Crippen LogP contribution in [0, 0.1) is 6.92 Å². The molecule has 1 aromatic carbocycles. The Morgan fingerprint density at radius 1 is 1.17 bits per heavy atom. The molecule has 0 fully saturated rings. The summed E-state index contributed by atoms with van der Waals surface area (Å²) in [4.78, 5) is 24.5. The molecule has 0 aliphatic carbocycles. The summed E-state index contributed by atoms with van der Waals surface area (Å²) in [6.45, 7) is 14.4. The van der Waals surface area contributed by atoms with Crippen molar-refractivity contribution in [3.63, 3.8) is 0 Å². The summed E-state index contributed by atoms with van der Waals surface area (Å²) < 4.78 is 5.65. The van der Waals surface area contributed by atoms with Crippen molar-refractivity contribution in [2.75, 3.05) is 19.7 Å². The molecule has 1 aliphatic heterocycles. The molecular formula is C23H33N3O3. The van der Waals surface area contributed by atoms with E-state index < -0.39 is 0 Å². The number of hydrogen-bond donors (Lipinski definition) is 3. The largest absolute Gasteiger partial charge is 0.483 e. The fraction of sp³-hybridized carbons (Fsp3) is 0.478. The second kappa shape index (κ2) is 9.27. The molecule has 0 bridgehead atoms. The third-order valence-corrected chi connectivity index (χ3v) is 4.73. The van der Waals surface area contributed by atoms with E-state index in [1.807, 2.05) is 65.0 Å². The Balaban J connectivity index is 1.75. The van der Waals surface area contributed by atoms with Gasteiger partial charge in [0.15, 0.2) is 6.61 Å². The molecule has 0 atom stereocenters. The summed E-state index contributed by atoms with van der Waals surface area (Å²) >= 11 is 0. The Kier molecular flexibility index (Phi) is 7.25. The third kappa shape index (κ3) is 6.46. The van der Waals surface area contributed by atoms with Crippen LogP contribution in [0.15, 0.2) is 42.5 Å². The zero-order chi connectivity index (χ0) is 21.7. The van der Waals surface area contributed by atoms with Crippen LogP contribution in [0.1, 0.15) is 38.8 Å². The SMILES string of the molecule is C=CCc1cc(C)ccc1OCC(=O)NCCNC(=O)C1=CC(C)(C)NC1(C)C. The molecule has 29 heavy (non-hydrogen) atoms. The third-order valence-electron chi connectivity index (χ3n) is 4.73. The van der Waals surface area contributed by atoms with E-state index in [-0.39, 0.29) is 29.5 Å². The molecule has 0 spiro atoms. The number of carbonyl (C=O) groups is 2. The smallest absolute Gasteiger partial charge is 0.258 e. The van der Waals surface area contributed by atoms with Crippen molar-refractivity contribution < 1.29 is 14.3 Å². The standard InChI is InChI=1S/C23H33N3O3/c1-7-8-17-13-16(2)9-10-19(17)29-15-20(27)24-11-12-25-21(28)18-14-22(3,4)26-23(18,5)6/h7,9-10,13-14,26H,1,8,11-12,15H2,2-6H3,(H,24,27)(H,25,28). The summed E-state index contributed by atoms with van der Waals surface area (Å²) in [7, 11) is 0. The number of carbonyl (C=O) groups excluding carboxylic acids is 2. The number of nitrogens with one attached hydrogen (secondary N) is 3. The first-order valence-electron chi connectivity index (χ1n) is 9.95. The molecule has 158 valence electrons. The fourth-order valence-electron chi connectivity index (χ4n) is 3.63. The van der Waals surface area contributed by atoms with Crippen molar-refractivity contribution in [2.45, 2.75) is 52.1 Å². The molecule has 0 aromatic heterocycles. The first kappa shape index (κ1) is 22.7. The molecule has 2 rings (SSSR count). The highest BCUT2D eigenvalue weighted by Crippen LogP contribution is 2.29. The van der Waals surface area contributed by atoms with Crippen LogP contribution >= 0.6 is 0 Å². The lowest BCUT2D eigenvalue weighted by Crippen LogP contribution is -2.48. The zero-order valence-electron chi connectivity index (χ0n) is 18.1. The van der Waals surface area contributed by atoms with Gasteiger partial charge in [0.25, 0.3) is 5.91 Å². The highest BCUT2D eigenvalue weighted by Gasteiger charge is 2.39. The van der Waals surface area contributed by atoms with Crippen LogP contribution in [-0.4, -0.2) is 42.6 Å². The fourth-order valence-corrected chi connectivity index (χ4v) is 3.63. The minimum absolute atomic E-state index is 0.0720. The maximum absolute atomic E-state index is 12.5. The van der Waals surface area contributed by atoms with Gasteiger partial charge in [-0.15, -0.1) is 6.58 Å². The molecule has 0 saturated carbocycles. The number of aryl methyl sites for hydroxylation is 1. The van der Waals surface area contributed by atoms with E-state index in [4.69, 9.17) is 4.74 Å². The predicted molar refractivity (Wildman–Crippen MR) is 116 cm³/mol. The summed E-state index contributed by atoms with van der Waals surface area (Å²) in [5.74, 6) is 0.337. The van der Waals surface area contributed by atoms with E-state index in [1.165, 1.54) is 0 Å². The zero-order valence-corrected chi connectivity index (χ0v) is 18.1. The summed E-state index contributed by atoms with van der Waals surface area (Å²) in [5.41, 5.74) is 2.24. The van der Waals surface area contributed by atoms with Gasteiger partial charge in [-0.2, -0.15) is 0 Å². The Hall–Kier alpha value is -2.60. The van der Waals surface area contributed by atoms with E-state index >= 15 is 0 Å². The molecular weight excluding hydrogens is 366 g/mol. The van der Waals surface area contributed by atoms with E-state index in [0.29, 0.717) is 30.8 Å². The summed E-state index contributed by atoms with van der Waals surface area (Å²) in [6.07, 6.45) is 4.45. The van der Waals surface area contributed by atoms with Crippen molar-refractivity contribution in [1.82, 2.24) is 16.0 Å². The Morgan fingerprint density at radius 2 is 1.86 bits per heavy atom. The van der Waals surface area contributed by atoms with Gasteiger partial charge in [0.05, 0.1) is 0 Å². The molecule has 3 N–H and O–H groups in total. The van der Waals surface area contributed by atoms with Crippen molar-refractivity contribution in [1.29, 1.82) is 0 Å².